The van der Waals surface area contributed by atoms with Gasteiger partial charge in [-0.1, -0.05) is 49.2 Å². The molecule has 0 bridgehead atoms. The van der Waals surface area contributed by atoms with E-state index in [0.29, 0.717) is 5.75 Å². The van der Waals surface area contributed by atoms with Crippen LogP contribution in [0, 0.1) is 5.92 Å². The Bertz CT molecular complexity index is 574. The van der Waals surface area contributed by atoms with Crippen molar-refractivity contribution in [1.29, 1.82) is 0 Å². The number of benzene rings is 2. The number of fused-ring (bicyclic) bond motifs is 1. The zero-order chi connectivity index (χ0) is 13.2. The van der Waals surface area contributed by atoms with Crippen molar-refractivity contribution in [1.82, 2.24) is 5.32 Å². The van der Waals surface area contributed by atoms with Gasteiger partial charge in [-0.25, -0.2) is 0 Å². The fourth-order valence-electron chi connectivity index (χ4n) is 2.64. The van der Waals surface area contributed by atoms with Crippen LogP contribution in [0.3, 0.4) is 0 Å². The van der Waals surface area contributed by atoms with E-state index in [2.05, 4.69) is 18.3 Å². The van der Waals surface area contributed by atoms with Crippen LogP contribution in [0.4, 0.5) is 0 Å². The number of nitrogens with one attached hydrogen (secondary N) is 1. The highest BCUT2D eigenvalue weighted by molar-refractivity contribution is 5.89. The molecule has 1 aliphatic rings. The predicted octanol–water partition coefficient (Wildman–Crippen LogP) is 4.00. The number of hydrogen-bond acceptors (Lipinski definition) is 2. The number of rotatable bonds is 5. The van der Waals surface area contributed by atoms with Gasteiger partial charge in [0.15, 0.2) is 0 Å². The summed E-state index contributed by atoms with van der Waals surface area (Å²) in [6, 6.07) is 12.3. The third-order valence-electron chi connectivity index (χ3n) is 4.10. The monoisotopic (exact) mass is 255 g/mol. The molecule has 1 fully saturated rings. The normalized spacial score (nSPS) is 16.7. The van der Waals surface area contributed by atoms with Crippen LogP contribution < -0.4 is 5.32 Å². The molecule has 2 N–H and O–H groups in total. The maximum Gasteiger partial charge on any atom is 0.128 e. The molecule has 2 aromatic carbocycles. The summed E-state index contributed by atoms with van der Waals surface area (Å²) in [5.41, 5.74) is 0.995. The fourth-order valence-corrected chi connectivity index (χ4v) is 2.64. The van der Waals surface area contributed by atoms with Crippen LogP contribution in [0.1, 0.15) is 37.8 Å². The lowest BCUT2D eigenvalue weighted by Crippen LogP contribution is -2.20. The van der Waals surface area contributed by atoms with Crippen LogP contribution in [0.5, 0.6) is 5.75 Å². The third kappa shape index (κ3) is 2.74. The third-order valence-corrected chi connectivity index (χ3v) is 4.10. The second-order valence-corrected chi connectivity index (χ2v) is 5.63. The van der Waals surface area contributed by atoms with Crippen LogP contribution in [0.25, 0.3) is 10.8 Å². The molecular weight excluding hydrogens is 234 g/mol. The molecule has 0 spiro atoms. The maximum absolute atomic E-state index is 10.4. The minimum Gasteiger partial charge on any atom is -0.507 e. The van der Waals surface area contributed by atoms with E-state index >= 15 is 0 Å². The van der Waals surface area contributed by atoms with E-state index in [1.54, 1.807) is 0 Å². The van der Waals surface area contributed by atoms with Gasteiger partial charge in [-0.2, -0.15) is 0 Å². The van der Waals surface area contributed by atoms with Crippen molar-refractivity contribution in [2.45, 2.75) is 32.2 Å². The molecule has 100 valence electrons. The van der Waals surface area contributed by atoms with E-state index < -0.39 is 0 Å². The first-order valence-electron chi connectivity index (χ1n) is 7.19. The SMILES string of the molecule is CC(NCCC1CC1)c1ccc2ccccc2c1O. The highest BCUT2D eigenvalue weighted by Crippen LogP contribution is 2.34. The molecule has 1 aliphatic carbocycles. The number of phenols is 1. The summed E-state index contributed by atoms with van der Waals surface area (Å²) >= 11 is 0. The van der Waals surface area contributed by atoms with Gasteiger partial charge in [-0.3, -0.25) is 0 Å². The van der Waals surface area contributed by atoms with Gasteiger partial charge in [0.2, 0.25) is 0 Å². The lowest BCUT2D eigenvalue weighted by Gasteiger charge is -2.16. The molecule has 3 rings (SSSR count). The van der Waals surface area contributed by atoms with Gasteiger partial charge < -0.3 is 10.4 Å². The summed E-state index contributed by atoms with van der Waals surface area (Å²) in [5, 5.41) is 15.9. The van der Waals surface area contributed by atoms with E-state index in [-0.39, 0.29) is 6.04 Å². The second-order valence-electron chi connectivity index (χ2n) is 5.63. The van der Waals surface area contributed by atoms with Crippen LogP contribution in [-0.4, -0.2) is 11.7 Å². The first kappa shape index (κ1) is 12.5. The Morgan fingerprint density at radius 1 is 1.21 bits per heavy atom. The summed E-state index contributed by atoms with van der Waals surface area (Å²) in [5.74, 6) is 1.37. The topological polar surface area (TPSA) is 32.3 Å². The smallest absolute Gasteiger partial charge is 0.128 e. The summed E-state index contributed by atoms with van der Waals surface area (Å²) in [6.45, 7) is 3.16. The second kappa shape index (κ2) is 5.22. The number of hydrogen-bond donors (Lipinski definition) is 2. The zero-order valence-corrected chi connectivity index (χ0v) is 11.4. The Balaban J connectivity index is 1.76. The van der Waals surface area contributed by atoms with Crippen molar-refractivity contribution in [3.63, 3.8) is 0 Å². The van der Waals surface area contributed by atoms with Gasteiger partial charge in [0.25, 0.3) is 0 Å². The van der Waals surface area contributed by atoms with E-state index in [1.165, 1.54) is 19.3 Å². The molecule has 0 aromatic heterocycles. The Morgan fingerprint density at radius 2 is 2.00 bits per heavy atom. The molecule has 2 heteroatoms. The van der Waals surface area contributed by atoms with Crippen molar-refractivity contribution in [3.8, 4) is 5.75 Å². The summed E-state index contributed by atoms with van der Waals surface area (Å²) in [6.07, 6.45) is 4.06. The molecule has 1 saturated carbocycles. The molecule has 1 atom stereocenters. The number of aromatic hydroxyl groups is 1. The average Bonchev–Trinajstić information content (AvgIpc) is 3.23. The van der Waals surface area contributed by atoms with Gasteiger partial charge >= 0.3 is 0 Å². The molecule has 0 saturated heterocycles. The lowest BCUT2D eigenvalue weighted by molar-refractivity contribution is 0.456. The van der Waals surface area contributed by atoms with Crippen molar-refractivity contribution in [3.05, 3.63) is 42.0 Å². The van der Waals surface area contributed by atoms with Gasteiger partial charge in [0.1, 0.15) is 5.75 Å². The first-order chi connectivity index (χ1) is 9.25. The molecular formula is C17H21NO. The summed E-state index contributed by atoms with van der Waals surface area (Å²) in [7, 11) is 0. The first-order valence-corrected chi connectivity index (χ1v) is 7.19. The zero-order valence-electron chi connectivity index (χ0n) is 11.4. The van der Waals surface area contributed by atoms with Crippen molar-refractivity contribution < 1.29 is 5.11 Å². The molecule has 2 aromatic rings. The van der Waals surface area contributed by atoms with Gasteiger partial charge in [0.05, 0.1) is 0 Å². The summed E-state index contributed by atoms with van der Waals surface area (Å²) in [4.78, 5) is 0. The Labute approximate surface area is 114 Å². The summed E-state index contributed by atoms with van der Waals surface area (Å²) < 4.78 is 0. The predicted molar refractivity (Wildman–Crippen MR) is 79.4 cm³/mol. The molecule has 0 heterocycles. The number of phenolic OH excluding ortho intramolecular Hbond substituents is 1. The standard InChI is InChI=1S/C17H21NO/c1-12(18-11-10-13-6-7-13)15-9-8-14-4-2-3-5-16(14)17(15)19/h2-5,8-9,12-13,18-19H,6-7,10-11H2,1H3. The van der Waals surface area contributed by atoms with Gasteiger partial charge in [-0.05, 0) is 31.2 Å². The Morgan fingerprint density at radius 3 is 2.79 bits per heavy atom. The van der Waals surface area contributed by atoms with E-state index in [0.717, 1.165) is 28.8 Å². The van der Waals surface area contributed by atoms with Crippen molar-refractivity contribution >= 4 is 10.8 Å². The van der Waals surface area contributed by atoms with Crippen molar-refractivity contribution in [2.75, 3.05) is 6.54 Å². The molecule has 2 nitrogen and oxygen atoms in total. The molecule has 0 amide bonds. The molecule has 0 radical (unpaired) electrons. The minimum absolute atomic E-state index is 0.198. The van der Waals surface area contributed by atoms with Crippen LogP contribution in [0.15, 0.2) is 36.4 Å². The van der Waals surface area contributed by atoms with Crippen LogP contribution in [0.2, 0.25) is 0 Å². The molecule has 19 heavy (non-hydrogen) atoms. The van der Waals surface area contributed by atoms with Gasteiger partial charge in [0, 0.05) is 17.0 Å². The minimum atomic E-state index is 0.198. The van der Waals surface area contributed by atoms with Crippen molar-refractivity contribution in [2.24, 2.45) is 5.92 Å². The van der Waals surface area contributed by atoms with E-state index in [4.69, 9.17) is 0 Å². The molecule has 0 aliphatic heterocycles. The largest absolute Gasteiger partial charge is 0.507 e. The van der Waals surface area contributed by atoms with Gasteiger partial charge in [-0.15, -0.1) is 0 Å². The Hall–Kier alpha value is -1.54. The maximum atomic E-state index is 10.4. The highest BCUT2D eigenvalue weighted by atomic mass is 16.3. The fraction of sp³-hybridized carbons (Fsp3) is 0.412. The highest BCUT2D eigenvalue weighted by Gasteiger charge is 2.21. The lowest BCUT2D eigenvalue weighted by atomic mass is 10.0. The van der Waals surface area contributed by atoms with Crippen LogP contribution >= 0.6 is 0 Å². The van der Waals surface area contributed by atoms with E-state index in [1.807, 2.05) is 30.3 Å². The average molecular weight is 255 g/mol. The van der Waals surface area contributed by atoms with Crippen LogP contribution in [-0.2, 0) is 0 Å². The molecule has 1 unspecified atom stereocenters. The quantitative estimate of drug-likeness (QED) is 0.846. The Kier molecular flexibility index (Phi) is 3.43. The van der Waals surface area contributed by atoms with E-state index in [9.17, 15) is 5.11 Å².